The third-order valence-corrected chi connectivity index (χ3v) is 3.05. The van der Waals surface area contributed by atoms with Gasteiger partial charge in [-0.15, -0.1) is 0 Å². The van der Waals surface area contributed by atoms with Crippen LogP contribution in [-0.4, -0.2) is 6.54 Å². The highest BCUT2D eigenvalue weighted by Crippen LogP contribution is 2.27. The van der Waals surface area contributed by atoms with E-state index in [0.29, 0.717) is 0 Å². The van der Waals surface area contributed by atoms with Crippen molar-refractivity contribution in [2.45, 2.75) is 32.7 Å². The Kier molecular flexibility index (Phi) is 2.55. The quantitative estimate of drug-likeness (QED) is 0.723. The molecule has 0 aliphatic carbocycles. The van der Waals surface area contributed by atoms with Crippen LogP contribution in [0.15, 0.2) is 12.1 Å². The largest absolute Gasteiger partial charge is 0.310 e. The van der Waals surface area contributed by atoms with Crippen LogP contribution in [0.1, 0.15) is 35.6 Å². The molecule has 1 nitrogen and oxygen atoms in total. The van der Waals surface area contributed by atoms with Crippen LogP contribution >= 0.6 is 0 Å². The van der Waals surface area contributed by atoms with E-state index >= 15 is 0 Å². The molecule has 1 fully saturated rings. The fraction of sp³-hybridized carbons (Fsp3) is 0.500. The van der Waals surface area contributed by atoms with Gasteiger partial charge in [-0.05, 0) is 50.4 Å². The van der Waals surface area contributed by atoms with Crippen LogP contribution in [0.5, 0.6) is 0 Å². The first kappa shape index (κ1) is 9.66. The lowest BCUT2D eigenvalue weighted by atomic mass is 9.99. The summed E-state index contributed by atoms with van der Waals surface area (Å²) in [5.74, 6) is -0.0625. The highest BCUT2D eigenvalue weighted by molar-refractivity contribution is 5.33. The van der Waals surface area contributed by atoms with Gasteiger partial charge in [0.2, 0.25) is 0 Å². The molecule has 0 saturated carbocycles. The van der Waals surface area contributed by atoms with E-state index < -0.39 is 0 Å². The van der Waals surface area contributed by atoms with Gasteiger partial charge in [-0.25, -0.2) is 4.39 Å². The molecule has 1 N–H and O–H groups in total. The minimum Gasteiger partial charge on any atom is -0.310 e. The van der Waals surface area contributed by atoms with Crippen molar-refractivity contribution in [2.24, 2.45) is 0 Å². The molecule has 1 aliphatic rings. The van der Waals surface area contributed by atoms with Gasteiger partial charge in [0.1, 0.15) is 5.82 Å². The Hall–Kier alpha value is -0.890. The second-order valence-corrected chi connectivity index (χ2v) is 4.11. The van der Waals surface area contributed by atoms with Gasteiger partial charge < -0.3 is 5.32 Å². The molecule has 0 spiro atoms. The predicted octanol–water partition coefficient (Wildman–Crippen LogP) is 2.87. The zero-order valence-electron chi connectivity index (χ0n) is 8.73. The average Bonchev–Trinajstić information content (AvgIpc) is 2.64. The maximum Gasteiger partial charge on any atom is 0.128 e. The summed E-state index contributed by atoms with van der Waals surface area (Å²) in [6, 6.07) is 3.85. The van der Waals surface area contributed by atoms with Crippen LogP contribution < -0.4 is 5.32 Å². The molecular formula is C12H16FN. The van der Waals surface area contributed by atoms with E-state index in [0.717, 1.165) is 30.5 Å². The van der Waals surface area contributed by atoms with Crippen molar-refractivity contribution in [3.05, 3.63) is 34.6 Å². The molecule has 1 aromatic carbocycles. The van der Waals surface area contributed by atoms with Gasteiger partial charge in [-0.1, -0.05) is 6.07 Å². The Labute approximate surface area is 84.3 Å². The summed E-state index contributed by atoms with van der Waals surface area (Å²) >= 11 is 0. The monoisotopic (exact) mass is 193 g/mol. The van der Waals surface area contributed by atoms with Gasteiger partial charge >= 0.3 is 0 Å². The van der Waals surface area contributed by atoms with E-state index in [4.69, 9.17) is 0 Å². The third-order valence-electron chi connectivity index (χ3n) is 3.05. The number of benzene rings is 1. The second-order valence-electron chi connectivity index (χ2n) is 4.11. The minimum absolute atomic E-state index is 0.0625. The molecule has 0 bridgehead atoms. The van der Waals surface area contributed by atoms with E-state index in [2.05, 4.69) is 5.32 Å². The predicted molar refractivity (Wildman–Crippen MR) is 55.9 cm³/mol. The Morgan fingerprint density at radius 2 is 2.00 bits per heavy atom. The van der Waals surface area contributed by atoms with Crippen LogP contribution in [0.3, 0.4) is 0 Å². The average molecular weight is 193 g/mol. The molecule has 1 heterocycles. The molecule has 1 saturated heterocycles. The van der Waals surface area contributed by atoms with Crippen molar-refractivity contribution >= 4 is 0 Å². The molecule has 0 radical (unpaired) electrons. The van der Waals surface area contributed by atoms with Gasteiger partial charge in [0.15, 0.2) is 0 Å². The molecule has 0 aromatic heterocycles. The molecule has 1 aliphatic heterocycles. The summed E-state index contributed by atoms with van der Waals surface area (Å²) in [4.78, 5) is 0. The van der Waals surface area contributed by atoms with E-state index in [9.17, 15) is 4.39 Å². The van der Waals surface area contributed by atoms with Gasteiger partial charge in [0.05, 0.1) is 0 Å². The fourth-order valence-electron chi connectivity index (χ4n) is 2.02. The summed E-state index contributed by atoms with van der Waals surface area (Å²) in [7, 11) is 0. The highest BCUT2D eigenvalue weighted by atomic mass is 19.1. The Morgan fingerprint density at radius 1 is 1.29 bits per heavy atom. The van der Waals surface area contributed by atoms with Gasteiger partial charge in [-0.2, -0.15) is 0 Å². The summed E-state index contributed by atoms with van der Waals surface area (Å²) in [5.41, 5.74) is 3.05. The molecule has 76 valence electrons. The summed E-state index contributed by atoms with van der Waals surface area (Å²) in [5, 5.41) is 3.32. The zero-order chi connectivity index (χ0) is 10.1. The summed E-state index contributed by atoms with van der Waals surface area (Å²) < 4.78 is 13.6. The van der Waals surface area contributed by atoms with Crippen LogP contribution in [-0.2, 0) is 0 Å². The van der Waals surface area contributed by atoms with Crippen molar-refractivity contribution in [1.82, 2.24) is 5.32 Å². The fourth-order valence-corrected chi connectivity index (χ4v) is 2.02. The van der Waals surface area contributed by atoms with E-state index in [1.54, 1.807) is 6.07 Å². The first-order valence-electron chi connectivity index (χ1n) is 5.18. The standard InChI is InChI=1S/C12H16FN/c1-8-6-10(11(13)7-9(8)2)12-4-3-5-14-12/h6-7,12,14H,3-5H2,1-2H3. The Bertz CT molecular complexity index is 340. The molecular weight excluding hydrogens is 177 g/mol. The number of hydrogen-bond donors (Lipinski definition) is 1. The topological polar surface area (TPSA) is 12.0 Å². The van der Waals surface area contributed by atoms with Crippen LogP contribution in [0, 0.1) is 19.7 Å². The lowest BCUT2D eigenvalue weighted by molar-refractivity contribution is 0.557. The first-order valence-corrected chi connectivity index (χ1v) is 5.18. The maximum absolute atomic E-state index is 13.6. The normalized spacial score (nSPS) is 21.5. The number of halogens is 1. The lowest BCUT2D eigenvalue weighted by Crippen LogP contribution is -2.14. The summed E-state index contributed by atoms with van der Waals surface area (Å²) in [6.07, 6.45) is 2.20. The minimum atomic E-state index is -0.0625. The van der Waals surface area contributed by atoms with Crippen molar-refractivity contribution in [2.75, 3.05) is 6.54 Å². The number of hydrogen-bond acceptors (Lipinski definition) is 1. The SMILES string of the molecule is Cc1cc(F)c(C2CCCN2)cc1C. The van der Waals surface area contributed by atoms with Crippen molar-refractivity contribution in [1.29, 1.82) is 0 Å². The molecule has 1 atom stereocenters. The van der Waals surface area contributed by atoms with Gasteiger partial charge in [0, 0.05) is 11.6 Å². The second kappa shape index (κ2) is 3.70. The van der Waals surface area contributed by atoms with Crippen molar-refractivity contribution in [3.8, 4) is 0 Å². The zero-order valence-corrected chi connectivity index (χ0v) is 8.73. The molecule has 1 aromatic rings. The number of aryl methyl sites for hydroxylation is 2. The Morgan fingerprint density at radius 3 is 2.64 bits per heavy atom. The first-order chi connectivity index (χ1) is 6.68. The van der Waals surface area contributed by atoms with Crippen molar-refractivity contribution in [3.63, 3.8) is 0 Å². The van der Waals surface area contributed by atoms with Gasteiger partial charge in [0.25, 0.3) is 0 Å². The molecule has 14 heavy (non-hydrogen) atoms. The number of rotatable bonds is 1. The molecule has 0 amide bonds. The lowest BCUT2D eigenvalue weighted by Gasteiger charge is -2.13. The van der Waals surface area contributed by atoms with Gasteiger partial charge in [-0.3, -0.25) is 0 Å². The van der Waals surface area contributed by atoms with Crippen LogP contribution in [0.4, 0.5) is 4.39 Å². The number of nitrogens with one attached hydrogen (secondary N) is 1. The highest BCUT2D eigenvalue weighted by Gasteiger charge is 2.19. The van der Waals surface area contributed by atoms with Crippen LogP contribution in [0.25, 0.3) is 0 Å². The molecule has 1 unspecified atom stereocenters. The van der Waals surface area contributed by atoms with E-state index in [-0.39, 0.29) is 11.9 Å². The maximum atomic E-state index is 13.6. The Balaban J connectivity index is 2.37. The smallest absolute Gasteiger partial charge is 0.128 e. The van der Waals surface area contributed by atoms with Crippen molar-refractivity contribution < 1.29 is 4.39 Å². The van der Waals surface area contributed by atoms with Crippen LogP contribution in [0.2, 0.25) is 0 Å². The molecule has 2 rings (SSSR count). The van der Waals surface area contributed by atoms with E-state index in [1.165, 1.54) is 5.56 Å². The third kappa shape index (κ3) is 1.67. The molecule has 2 heteroatoms. The van der Waals surface area contributed by atoms with E-state index in [1.807, 2.05) is 19.9 Å². The summed E-state index contributed by atoms with van der Waals surface area (Å²) in [6.45, 7) is 4.99.